The molecule has 0 aromatic rings. The summed E-state index contributed by atoms with van der Waals surface area (Å²) in [6.07, 6.45) is 41.4. The minimum atomic E-state index is -0.397. The second-order valence-corrected chi connectivity index (χ2v) is 14.8. The molecule has 2 atom stereocenters. The zero-order valence-corrected chi connectivity index (χ0v) is 36.1. The summed E-state index contributed by atoms with van der Waals surface area (Å²) in [5.41, 5.74) is 0. The van der Waals surface area contributed by atoms with Gasteiger partial charge in [-0.15, -0.1) is 0 Å². The minimum Gasteiger partial charge on any atom is -0.353 e. The molecule has 0 N–H and O–H groups in total. The van der Waals surface area contributed by atoms with Crippen molar-refractivity contribution in [1.29, 1.82) is 0 Å². The van der Waals surface area contributed by atoms with Gasteiger partial charge in [-0.1, -0.05) is 143 Å². The summed E-state index contributed by atoms with van der Waals surface area (Å²) in [5, 5.41) is 0. The fourth-order valence-electron chi connectivity index (χ4n) is 6.04. The van der Waals surface area contributed by atoms with Crippen molar-refractivity contribution in [2.24, 2.45) is 0 Å². The highest BCUT2D eigenvalue weighted by atomic mass is 16.8. The first-order chi connectivity index (χ1) is 26.1. The van der Waals surface area contributed by atoms with Crippen LogP contribution in [0.15, 0.2) is 24.3 Å². The number of hydrogen-bond donors (Lipinski definition) is 0. The first-order valence-electron chi connectivity index (χ1n) is 22.7. The lowest BCUT2D eigenvalue weighted by Gasteiger charge is -2.18. The Kier molecular flexibility index (Phi) is 43.3. The van der Waals surface area contributed by atoms with Gasteiger partial charge in [-0.05, 0) is 89.2 Å². The highest BCUT2D eigenvalue weighted by Gasteiger charge is 2.11. The molecule has 7 heteroatoms. The molecule has 0 spiro atoms. The van der Waals surface area contributed by atoms with E-state index in [0.717, 1.165) is 77.8 Å². The summed E-state index contributed by atoms with van der Waals surface area (Å²) < 4.78 is 41.0. The molecule has 0 aromatic carbocycles. The number of methoxy groups -OCH3 is 2. The van der Waals surface area contributed by atoms with Gasteiger partial charge in [-0.25, -0.2) is 0 Å². The molecular weight excluding hydrogens is 664 g/mol. The molecule has 0 heterocycles. The maximum absolute atomic E-state index is 6.01. The third-order valence-electron chi connectivity index (χ3n) is 9.65. The van der Waals surface area contributed by atoms with Crippen LogP contribution < -0.4 is 0 Å². The molecule has 316 valence electrons. The maximum Gasteiger partial charge on any atom is 0.179 e. The van der Waals surface area contributed by atoms with Gasteiger partial charge >= 0.3 is 0 Å². The van der Waals surface area contributed by atoms with E-state index in [9.17, 15) is 0 Å². The summed E-state index contributed by atoms with van der Waals surface area (Å²) in [5.74, 6) is 0. The molecule has 7 nitrogen and oxygen atoms in total. The van der Waals surface area contributed by atoms with E-state index in [4.69, 9.17) is 33.2 Å². The van der Waals surface area contributed by atoms with Crippen molar-refractivity contribution in [2.75, 3.05) is 40.6 Å². The van der Waals surface area contributed by atoms with Crippen LogP contribution in [0, 0.1) is 0 Å². The van der Waals surface area contributed by atoms with Crippen LogP contribution in [0.5, 0.6) is 0 Å². The summed E-state index contributed by atoms with van der Waals surface area (Å²) in [7, 11) is 3.38. The molecule has 0 radical (unpaired) electrons. The van der Waals surface area contributed by atoms with Crippen molar-refractivity contribution in [2.45, 2.75) is 233 Å². The summed E-state index contributed by atoms with van der Waals surface area (Å²) in [6, 6.07) is 0. The van der Waals surface area contributed by atoms with E-state index in [1.54, 1.807) is 14.2 Å². The fraction of sp³-hybridized carbons (Fsp3) is 0.913. The molecule has 2 unspecified atom stereocenters. The lowest BCUT2D eigenvalue weighted by Crippen LogP contribution is -2.22. The number of allylic oxidation sites excluding steroid dienone is 2. The molecule has 0 rings (SSSR count). The second-order valence-electron chi connectivity index (χ2n) is 14.8. The largest absolute Gasteiger partial charge is 0.353 e. The van der Waals surface area contributed by atoms with Crippen LogP contribution in [0.4, 0.5) is 0 Å². The Labute approximate surface area is 330 Å². The number of rotatable bonds is 44. The minimum absolute atomic E-state index is 0.00571. The van der Waals surface area contributed by atoms with Gasteiger partial charge in [0.1, 0.15) is 0 Å². The van der Waals surface area contributed by atoms with Crippen LogP contribution in [-0.4, -0.2) is 65.8 Å². The Hall–Kier alpha value is -0.800. The predicted molar refractivity (Wildman–Crippen MR) is 224 cm³/mol. The van der Waals surface area contributed by atoms with Crippen molar-refractivity contribution in [3.63, 3.8) is 0 Å². The Morgan fingerprint density at radius 1 is 0.358 bits per heavy atom. The van der Waals surface area contributed by atoms with E-state index in [1.165, 1.54) is 128 Å². The standard InChI is InChI=1S/C46H90O7/c1-7-11-39-49-45(50-40-12-8-2)37-33-29-25-21-17-15-19-23-27-31-35-43(47-5)53-44(48-6)36-32-28-24-20-16-18-22-26-30-34-38-46(51-41-13-9-3)52-42-14-10-4/h31-32,35-36,43-46H,7-30,33-34,37-42H2,1-6H3. The highest BCUT2D eigenvalue weighted by molar-refractivity contribution is 4.89. The van der Waals surface area contributed by atoms with E-state index < -0.39 is 12.6 Å². The zero-order chi connectivity index (χ0) is 38.7. The Bertz CT molecular complexity index is 665. The molecule has 0 bridgehead atoms. The normalized spacial score (nSPS) is 13.4. The van der Waals surface area contributed by atoms with Gasteiger partial charge in [0, 0.05) is 40.6 Å². The third-order valence-corrected chi connectivity index (χ3v) is 9.65. The number of ether oxygens (including phenoxy) is 7. The first-order valence-corrected chi connectivity index (χ1v) is 22.7. The van der Waals surface area contributed by atoms with Gasteiger partial charge in [0.05, 0.1) is 0 Å². The van der Waals surface area contributed by atoms with Crippen LogP contribution in [0.25, 0.3) is 0 Å². The van der Waals surface area contributed by atoms with Crippen molar-refractivity contribution >= 4 is 0 Å². The van der Waals surface area contributed by atoms with E-state index >= 15 is 0 Å². The lowest BCUT2D eigenvalue weighted by molar-refractivity contribution is -0.188. The monoisotopic (exact) mass is 755 g/mol. The molecule has 0 amide bonds. The molecule has 0 saturated heterocycles. The lowest BCUT2D eigenvalue weighted by atomic mass is 10.1. The van der Waals surface area contributed by atoms with E-state index in [0.29, 0.717) is 0 Å². The molecule has 0 fully saturated rings. The van der Waals surface area contributed by atoms with E-state index in [-0.39, 0.29) is 12.6 Å². The van der Waals surface area contributed by atoms with Gasteiger partial charge in [-0.2, -0.15) is 0 Å². The van der Waals surface area contributed by atoms with Gasteiger partial charge in [0.2, 0.25) is 0 Å². The average molecular weight is 755 g/mol. The molecule has 0 aromatic heterocycles. The summed E-state index contributed by atoms with van der Waals surface area (Å²) in [6.45, 7) is 12.1. The SMILES string of the molecule is CCCCOC(CCCCCCCCCCC=CC(OC)OC(C=CCCCCCCCCCCC(OCCCC)OCCCC)OC)OCCCC. The van der Waals surface area contributed by atoms with Crippen LogP contribution >= 0.6 is 0 Å². The van der Waals surface area contributed by atoms with Crippen LogP contribution in [0.1, 0.15) is 207 Å². The topological polar surface area (TPSA) is 64.6 Å². The Balaban J connectivity index is 3.89. The Morgan fingerprint density at radius 3 is 0.925 bits per heavy atom. The average Bonchev–Trinajstić information content (AvgIpc) is 3.17. The van der Waals surface area contributed by atoms with Gasteiger partial charge in [-0.3, -0.25) is 0 Å². The zero-order valence-electron chi connectivity index (χ0n) is 36.1. The second kappa shape index (κ2) is 43.9. The van der Waals surface area contributed by atoms with Gasteiger partial charge < -0.3 is 33.2 Å². The molecule has 0 aliphatic rings. The van der Waals surface area contributed by atoms with Gasteiger partial charge in [0.15, 0.2) is 25.2 Å². The predicted octanol–water partition coefficient (Wildman–Crippen LogP) is 13.8. The fourth-order valence-corrected chi connectivity index (χ4v) is 6.04. The summed E-state index contributed by atoms with van der Waals surface area (Å²) >= 11 is 0. The Morgan fingerprint density at radius 2 is 0.642 bits per heavy atom. The van der Waals surface area contributed by atoms with Crippen molar-refractivity contribution in [1.82, 2.24) is 0 Å². The molecule has 0 aliphatic carbocycles. The van der Waals surface area contributed by atoms with Crippen LogP contribution in [-0.2, 0) is 33.2 Å². The molecule has 0 saturated carbocycles. The van der Waals surface area contributed by atoms with E-state index in [1.807, 2.05) is 12.2 Å². The maximum atomic E-state index is 6.01. The summed E-state index contributed by atoms with van der Waals surface area (Å²) in [4.78, 5) is 0. The van der Waals surface area contributed by atoms with Crippen LogP contribution in [0.3, 0.4) is 0 Å². The van der Waals surface area contributed by atoms with Crippen molar-refractivity contribution in [3.8, 4) is 0 Å². The quantitative estimate of drug-likeness (QED) is 0.0349. The molecular formula is C46H90O7. The first kappa shape index (κ1) is 52.2. The van der Waals surface area contributed by atoms with Crippen LogP contribution in [0.2, 0.25) is 0 Å². The number of hydrogen-bond acceptors (Lipinski definition) is 7. The van der Waals surface area contributed by atoms with Crippen molar-refractivity contribution in [3.05, 3.63) is 24.3 Å². The van der Waals surface area contributed by atoms with E-state index in [2.05, 4.69) is 39.8 Å². The third kappa shape index (κ3) is 37.9. The number of unbranched alkanes of at least 4 members (excludes halogenated alkanes) is 20. The highest BCUT2D eigenvalue weighted by Crippen LogP contribution is 2.16. The molecule has 53 heavy (non-hydrogen) atoms. The van der Waals surface area contributed by atoms with Gasteiger partial charge in [0.25, 0.3) is 0 Å². The smallest absolute Gasteiger partial charge is 0.179 e. The molecule has 0 aliphatic heterocycles. The van der Waals surface area contributed by atoms with Crippen molar-refractivity contribution < 1.29 is 33.2 Å².